The van der Waals surface area contributed by atoms with Crippen LogP contribution in [0.5, 0.6) is 0 Å². The highest BCUT2D eigenvalue weighted by Crippen LogP contribution is 2.14. The minimum absolute atomic E-state index is 0.139. The molecule has 0 aliphatic rings. The molecule has 130 valence electrons. The van der Waals surface area contributed by atoms with Gasteiger partial charge >= 0.3 is 6.03 Å². The molecule has 0 aliphatic carbocycles. The summed E-state index contributed by atoms with van der Waals surface area (Å²) in [5, 5.41) is 5.49. The van der Waals surface area contributed by atoms with E-state index in [0.29, 0.717) is 6.54 Å². The Morgan fingerprint density at radius 2 is 2.04 bits per heavy atom. The number of rotatable bonds is 8. The number of hydrogen-bond acceptors (Lipinski definition) is 4. The SMILES string of the molecule is CS(=O)(=O)CC(NC(=O)NCCCn1ccnc1)c1ccccc1. The van der Waals surface area contributed by atoms with Gasteiger partial charge in [-0.2, -0.15) is 0 Å². The molecule has 7 nitrogen and oxygen atoms in total. The number of aromatic nitrogens is 2. The Hall–Kier alpha value is -2.35. The first-order valence-corrected chi connectivity index (χ1v) is 9.73. The van der Waals surface area contributed by atoms with Crippen LogP contribution in [0.4, 0.5) is 4.79 Å². The lowest BCUT2D eigenvalue weighted by molar-refractivity contribution is 0.237. The van der Waals surface area contributed by atoms with Crippen LogP contribution in [0.2, 0.25) is 0 Å². The number of carbonyl (C=O) groups is 1. The Morgan fingerprint density at radius 3 is 2.67 bits per heavy atom. The summed E-state index contributed by atoms with van der Waals surface area (Å²) in [6, 6.07) is 8.12. The fraction of sp³-hybridized carbons (Fsp3) is 0.375. The van der Waals surface area contributed by atoms with Crippen molar-refractivity contribution >= 4 is 15.9 Å². The first kappa shape index (κ1) is 18.0. The smallest absolute Gasteiger partial charge is 0.315 e. The molecule has 0 saturated carbocycles. The molecule has 1 aromatic heterocycles. The van der Waals surface area contributed by atoms with E-state index in [0.717, 1.165) is 24.8 Å². The maximum Gasteiger partial charge on any atom is 0.315 e. The van der Waals surface area contributed by atoms with E-state index in [-0.39, 0.29) is 11.8 Å². The van der Waals surface area contributed by atoms with Gasteiger partial charge in [-0.15, -0.1) is 0 Å². The van der Waals surface area contributed by atoms with Crippen LogP contribution in [0.15, 0.2) is 49.1 Å². The molecule has 8 heteroatoms. The van der Waals surface area contributed by atoms with Crippen molar-refractivity contribution in [2.45, 2.75) is 19.0 Å². The molecule has 1 unspecified atom stereocenters. The lowest BCUT2D eigenvalue weighted by Crippen LogP contribution is -2.40. The van der Waals surface area contributed by atoms with Crippen molar-refractivity contribution in [3.8, 4) is 0 Å². The average Bonchev–Trinajstić information content (AvgIpc) is 3.04. The zero-order valence-corrected chi connectivity index (χ0v) is 14.4. The predicted molar refractivity (Wildman–Crippen MR) is 92.3 cm³/mol. The zero-order valence-electron chi connectivity index (χ0n) is 13.6. The summed E-state index contributed by atoms with van der Waals surface area (Å²) >= 11 is 0. The third kappa shape index (κ3) is 6.41. The highest BCUT2D eigenvalue weighted by atomic mass is 32.2. The second-order valence-electron chi connectivity index (χ2n) is 5.61. The first-order valence-electron chi connectivity index (χ1n) is 7.67. The van der Waals surface area contributed by atoms with Crippen molar-refractivity contribution < 1.29 is 13.2 Å². The standard InChI is InChI=1S/C16H22N4O3S/c1-24(22,23)12-15(14-6-3-2-4-7-14)19-16(21)18-8-5-10-20-11-9-17-13-20/h2-4,6-7,9,11,13,15H,5,8,10,12H2,1H3,(H2,18,19,21). The Balaban J connectivity index is 1.85. The lowest BCUT2D eigenvalue weighted by atomic mass is 10.1. The third-order valence-electron chi connectivity index (χ3n) is 3.41. The summed E-state index contributed by atoms with van der Waals surface area (Å²) in [4.78, 5) is 16.0. The molecule has 0 radical (unpaired) electrons. The van der Waals surface area contributed by atoms with Gasteiger partial charge in [0.2, 0.25) is 0 Å². The van der Waals surface area contributed by atoms with Crippen molar-refractivity contribution in [3.05, 3.63) is 54.6 Å². The van der Waals surface area contributed by atoms with E-state index in [9.17, 15) is 13.2 Å². The summed E-state index contributed by atoms with van der Waals surface area (Å²) in [5.41, 5.74) is 0.761. The van der Waals surface area contributed by atoms with Crippen molar-refractivity contribution in [1.29, 1.82) is 0 Å². The molecule has 2 amide bonds. The molecule has 0 saturated heterocycles. The van der Waals surface area contributed by atoms with Crippen LogP contribution >= 0.6 is 0 Å². The fourth-order valence-corrected chi connectivity index (χ4v) is 3.18. The maximum atomic E-state index is 12.0. The molecule has 2 aromatic rings. The second-order valence-corrected chi connectivity index (χ2v) is 7.79. The molecule has 1 atom stereocenters. The molecule has 1 aromatic carbocycles. The average molecular weight is 350 g/mol. The molecule has 0 bridgehead atoms. The molecule has 2 N–H and O–H groups in total. The number of benzene rings is 1. The van der Waals surface area contributed by atoms with E-state index < -0.39 is 15.9 Å². The van der Waals surface area contributed by atoms with Crippen LogP contribution < -0.4 is 10.6 Å². The van der Waals surface area contributed by atoms with Crippen LogP contribution in [0.25, 0.3) is 0 Å². The van der Waals surface area contributed by atoms with Crippen molar-refractivity contribution in [2.24, 2.45) is 0 Å². The summed E-state index contributed by atoms with van der Waals surface area (Å²) in [5.74, 6) is -0.139. The van der Waals surface area contributed by atoms with Crippen LogP contribution in [0, 0.1) is 0 Å². The third-order valence-corrected chi connectivity index (χ3v) is 4.35. The Kier molecular flexibility index (Phi) is 6.36. The monoisotopic (exact) mass is 350 g/mol. The largest absolute Gasteiger partial charge is 0.338 e. The van der Waals surface area contributed by atoms with Crippen LogP contribution in [0.1, 0.15) is 18.0 Å². The number of carbonyl (C=O) groups excluding carboxylic acids is 1. The van der Waals surface area contributed by atoms with E-state index in [1.807, 2.05) is 29.0 Å². The molecular formula is C16H22N4O3S. The topological polar surface area (TPSA) is 93.1 Å². The number of hydrogen-bond donors (Lipinski definition) is 2. The van der Waals surface area contributed by atoms with Gasteiger partial charge in [-0.25, -0.2) is 18.2 Å². The molecule has 0 aliphatic heterocycles. The number of urea groups is 1. The number of nitrogens with one attached hydrogen (secondary N) is 2. The van der Waals surface area contributed by atoms with E-state index in [4.69, 9.17) is 0 Å². The van der Waals surface area contributed by atoms with E-state index in [2.05, 4.69) is 15.6 Å². The summed E-state index contributed by atoms with van der Waals surface area (Å²) in [6.07, 6.45) is 7.20. The summed E-state index contributed by atoms with van der Waals surface area (Å²) in [6.45, 7) is 1.25. The van der Waals surface area contributed by atoms with Gasteiger partial charge in [-0.05, 0) is 12.0 Å². The number of sulfone groups is 1. The van der Waals surface area contributed by atoms with Gasteiger partial charge in [0.25, 0.3) is 0 Å². The van der Waals surface area contributed by atoms with Crippen LogP contribution in [-0.2, 0) is 16.4 Å². The maximum absolute atomic E-state index is 12.0. The zero-order chi connectivity index (χ0) is 17.4. The molecule has 24 heavy (non-hydrogen) atoms. The van der Waals surface area contributed by atoms with Gasteiger partial charge in [0, 0.05) is 31.7 Å². The van der Waals surface area contributed by atoms with Gasteiger partial charge in [0.05, 0.1) is 18.1 Å². The quantitative estimate of drug-likeness (QED) is 0.703. The molecule has 0 fully saturated rings. The fourth-order valence-electron chi connectivity index (χ4n) is 2.30. The number of imidazole rings is 1. The molecule has 2 rings (SSSR count). The highest BCUT2D eigenvalue weighted by molar-refractivity contribution is 7.90. The normalized spacial score (nSPS) is 12.5. The molecule has 1 heterocycles. The first-order chi connectivity index (χ1) is 11.4. The molecular weight excluding hydrogens is 328 g/mol. The van der Waals surface area contributed by atoms with E-state index >= 15 is 0 Å². The van der Waals surface area contributed by atoms with Gasteiger partial charge in [-0.1, -0.05) is 30.3 Å². The highest BCUT2D eigenvalue weighted by Gasteiger charge is 2.19. The predicted octanol–water partition coefficient (Wildman–Crippen LogP) is 1.36. The van der Waals surface area contributed by atoms with Gasteiger partial charge in [0.15, 0.2) is 0 Å². The number of amides is 2. The van der Waals surface area contributed by atoms with Gasteiger partial charge in [0.1, 0.15) is 9.84 Å². The Labute approximate surface area is 142 Å². The van der Waals surface area contributed by atoms with Crippen molar-refractivity contribution in [2.75, 3.05) is 18.6 Å². The summed E-state index contributed by atoms with van der Waals surface area (Å²) in [7, 11) is -3.22. The minimum Gasteiger partial charge on any atom is -0.338 e. The van der Waals surface area contributed by atoms with Gasteiger partial charge < -0.3 is 15.2 Å². The van der Waals surface area contributed by atoms with Crippen LogP contribution in [-0.4, -0.2) is 42.6 Å². The Morgan fingerprint density at radius 1 is 1.29 bits per heavy atom. The number of aryl methyl sites for hydroxylation is 1. The summed E-state index contributed by atoms with van der Waals surface area (Å²) < 4.78 is 25.1. The van der Waals surface area contributed by atoms with Crippen molar-refractivity contribution in [3.63, 3.8) is 0 Å². The lowest BCUT2D eigenvalue weighted by Gasteiger charge is -2.19. The van der Waals surface area contributed by atoms with Crippen molar-refractivity contribution in [1.82, 2.24) is 20.2 Å². The van der Waals surface area contributed by atoms with E-state index in [1.54, 1.807) is 24.7 Å². The second kappa shape index (κ2) is 8.49. The Bertz CT molecular complexity index is 730. The molecule has 0 spiro atoms. The minimum atomic E-state index is -3.22. The van der Waals surface area contributed by atoms with E-state index in [1.165, 1.54) is 0 Å². The van der Waals surface area contributed by atoms with Gasteiger partial charge in [-0.3, -0.25) is 0 Å². The number of nitrogens with zero attached hydrogens (tertiary/aromatic N) is 2. The van der Waals surface area contributed by atoms with Crippen LogP contribution in [0.3, 0.4) is 0 Å².